The molecule has 4 aromatic rings. The zero-order chi connectivity index (χ0) is 20.4. The Kier molecular flexibility index (Phi) is 5.66. The largest absolute Gasteiger partial charge is 0.611 e. The Labute approximate surface area is 176 Å². The van der Waals surface area contributed by atoms with Crippen LogP contribution in [-0.2, 0) is 11.2 Å². The average Bonchev–Trinajstić information content (AvgIpc) is 3.09. The molecule has 0 aliphatic carbocycles. The number of benzene rings is 1. The van der Waals surface area contributed by atoms with E-state index in [0.29, 0.717) is 15.6 Å². The average molecular weight is 424 g/mol. The molecular formula is C21H21N5OS2. The van der Waals surface area contributed by atoms with E-state index in [1.54, 1.807) is 12.4 Å². The fraction of sp³-hybridized carbons (Fsp3) is 0.190. The van der Waals surface area contributed by atoms with Gasteiger partial charge in [0, 0.05) is 23.3 Å². The van der Waals surface area contributed by atoms with Crippen LogP contribution in [0.5, 0.6) is 0 Å². The van der Waals surface area contributed by atoms with E-state index in [1.165, 1.54) is 11.3 Å². The molecule has 0 fully saturated rings. The van der Waals surface area contributed by atoms with Crippen LogP contribution in [-0.4, -0.2) is 25.3 Å². The lowest BCUT2D eigenvalue weighted by Crippen LogP contribution is -2.06. The monoisotopic (exact) mass is 423 g/mol. The van der Waals surface area contributed by atoms with Crippen molar-refractivity contribution in [2.45, 2.75) is 24.0 Å². The zero-order valence-corrected chi connectivity index (χ0v) is 17.6. The highest BCUT2D eigenvalue weighted by Crippen LogP contribution is 2.43. The van der Waals surface area contributed by atoms with Crippen molar-refractivity contribution < 1.29 is 4.55 Å². The number of pyridine rings is 1. The molecule has 6 nitrogen and oxygen atoms in total. The summed E-state index contributed by atoms with van der Waals surface area (Å²) in [5.74, 6) is 0.819. The minimum atomic E-state index is -1.13. The molecule has 3 aromatic heterocycles. The maximum Gasteiger partial charge on any atom is 0.232 e. The number of rotatable bonds is 6. The van der Waals surface area contributed by atoms with Gasteiger partial charge in [0.2, 0.25) is 10.2 Å². The molecule has 4 rings (SSSR count). The Hall–Kier alpha value is -2.68. The number of nitrogens with zero attached hydrogens (tertiary/aromatic N) is 3. The first-order valence-corrected chi connectivity index (χ1v) is 11.5. The summed E-state index contributed by atoms with van der Waals surface area (Å²) in [5, 5.41) is 0.848. The summed E-state index contributed by atoms with van der Waals surface area (Å²) >= 11 is 0.267. The lowest BCUT2D eigenvalue weighted by molar-refractivity contribution is 0.594. The predicted octanol–water partition coefficient (Wildman–Crippen LogP) is 4.49. The summed E-state index contributed by atoms with van der Waals surface area (Å²) in [6, 6.07) is 12.0. The van der Waals surface area contributed by atoms with Crippen molar-refractivity contribution in [3.63, 3.8) is 0 Å². The molecule has 0 bridgehead atoms. The van der Waals surface area contributed by atoms with Gasteiger partial charge < -0.3 is 16.0 Å². The first kappa shape index (κ1) is 19.6. The van der Waals surface area contributed by atoms with Gasteiger partial charge in [-0.3, -0.25) is 0 Å². The maximum atomic E-state index is 12.8. The van der Waals surface area contributed by atoms with Crippen LogP contribution in [0.3, 0.4) is 0 Å². The minimum Gasteiger partial charge on any atom is -0.611 e. The molecule has 1 aromatic carbocycles. The number of aromatic nitrogens is 3. The molecule has 0 aliphatic rings. The van der Waals surface area contributed by atoms with Crippen LogP contribution in [0.25, 0.3) is 32.6 Å². The normalized spacial score (nSPS) is 12.3. The van der Waals surface area contributed by atoms with E-state index in [4.69, 9.17) is 16.5 Å². The second-order valence-electron chi connectivity index (χ2n) is 6.64. The molecular weight excluding hydrogens is 402 g/mol. The van der Waals surface area contributed by atoms with Crippen LogP contribution in [0, 0.1) is 0 Å². The van der Waals surface area contributed by atoms with Crippen LogP contribution >= 0.6 is 11.3 Å². The Bertz CT molecular complexity index is 1130. The third kappa shape index (κ3) is 3.91. The van der Waals surface area contributed by atoms with E-state index in [2.05, 4.69) is 16.9 Å². The Morgan fingerprint density at radius 3 is 2.48 bits per heavy atom. The highest BCUT2D eigenvalue weighted by Gasteiger charge is 2.24. The highest BCUT2D eigenvalue weighted by atomic mass is 32.2. The fourth-order valence-electron chi connectivity index (χ4n) is 3.10. The van der Waals surface area contributed by atoms with E-state index < -0.39 is 11.2 Å². The molecule has 0 radical (unpaired) electrons. The standard InChI is InChI=1S/C21H21N5OS2/c1-2-3-9-29(27)20-18(22)17-15(13-7-5-4-6-8-13)10-16(26-19(17)28-20)14-11-24-21(23)25-12-14/h4-8,10-12H,2-3,9,22H2,1H3,(H2,23,24,25)/t29-/m1/s1. The molecule has 8 heteroatoms. The third-order valence-electron chi connectivity index (χ3n) is 4.61. The molecule has 29 heavy (non-hydrogen) atoms. The quantitative estimate of drug-likeness (QED) is 0.442. The van der Waals surface area contributed by atoms with Crippen molar-refractivity contribution in [3.8, 4) is 22.4 Å². The van der Waals surface area contributed by atoms with Crippen LogP contribution in [0.4, 0.5) is 11.6 Å². The molecule has 4 N–H and O–H groups in total. The number of nitrogen functional groups attached to an aromatic ring is 2. The van der Waals surface area contributed by atoms with Crippen molar-refractivity contribution in [2.75, 3.05) is 17.2 Å². The van der Waals surface area contributed by atoms with Crippen molar-refractivity contribution >= 4 is 44.4 Å². The molecule has 0 unspecified atom stereocenters. The molecule has 148 valence electrons. The zero-order valence-electron chi connectivity index (χ0n) is 16.0. The van der Waals surface area contributed by atoms with Gasteiger partial charge in [0.25, 0.3) is 0 Å². The summed E-state index contributed by atoms with van der Waals surface area (Å²) in [7, 11) is 0. The topological polar surface area (TPSA) is 114 Å². The van der Waals surface area contributed by atoms with Gasteiger partial charge in [0.15, 0.2) is 0 Å². The first-order valence-electron chi connectivity index (χ1n) is 9.33. The van der Waals surface area contributed by atoms with E-state index in [1.807, 2.05) is 36.4 Å². The Balaban J connectivity index is 1.93. The van der Waals surface area contributed by atoms with Crippen molar-refractivity contribution in [3.05, 3.63) is 48.8 Å². The second kappa shape index (κ2) is 8.36. The number of anilines is 2. The van der Waals surface area contributed by atoms with Gasteiger partial charge in [-0.15, -0.1) is 0 Å². The molecule has 0 amide bonds. The van der Waals surface area contributed by atoms with Gasteiger partial charge in [-0.2, -0.15) is 0 Å². The first-order chi connectivity index (χ1) is 14.1. The molecule has 1 atom stereocenters. The van der Waals surface area contributed by atoms with Crippen LogP contribution < -0.4 is 11.5 Å². The van der Waals surface area contributed by atoms with Crippen molar-refractivity contribution in [2.24, 2.45) is 0 Å². The van der Waals surface area contributed by atoms with Gasteiger partial charge in [0.05, 0.1) is 5.69 Å². The van der Waals surface area contributed by atoms with E-state index in [9.17, 15) is 4.55 Å². The minimum absolute atomic E-state index is 0.215. The summed E-state index contributed by atoms with van der Waals surface area (Å²) < 4.78 is 13.5. The van der Waals surface area contributed by atoms with Crippen LogP contribution in [0.15, 0.2) is 53.0 Å². The van der Waals surface area contributed by atoms with Gasteiger partial charge in [0.1, 0.15) is 16.3 Å². The lowest BCUT2D eigenvalue weighted by atomic mass is 10.0. The van der Waals surface area contributed by atoms with Gasteiger partial charge in [-0.25, -0.2) is 15.0 Å². The molecule has 3 heterocycles. The highest BCUT2D eigenvalue weighted by molar-refractivity contribution is 7.93. The molecule has 0 saturated carbocycles. The van der Waals surface area contributed by atoms with Crippen LogP contribution in [0.2, 0.25) is 0 Å². The smallest absolute Gasteiger partial charge is 0.232 e. The van der Waals surface area contributed by atoms with E-state index >= 15 is 0 Å². The van der Waals surface area contributed by atoms with E-state index in [0.717, 1.165) is 45.4 Å². The number of nitrogens with two attached hydrogens (primary N) is 2. The van der Waals surface area contributed by atoms with Crippen molar-refractivity contribution in [1.29, 1.82) is 0 Å². The van der Waals surface area contributed by atoms with E-state index in [-0.39, 0.29) is 5.95 Å². The number of unbranched alkanes of at least 4 members (excludes halogenated alkanes) is 1. The van der Waals surface area contributed by atoms with Gasteiger partial charge in [-0.05, 0) is 34.8 Å². The fourth-order valence-corrected chi connectivity index (χ4v) is 5.90. The summed E-state index contributed by atoms with van der Waals surface area (Å²) in [6.07, 6.45) is 5.20. The predicted molar refractivity (Wildman–Crippen MR) is 121 cm³/mol. The Morgan fingerprint density at radius 2 is 1.79 bits per heavy atom. The van der Waals surface area contributed by atoms with Crippen molar-refractivity contribution in [1.82, 2.24) is 15.0 Å². The Morgan fingerprint density at radius 1 is 1.07 bits per heavy atom. The SMILES string of the molecule is CCCC[S@@+]([O-])c1sc2nc(-c3cnc(N)nc3)cc(-c3ccccc3)c2c1N. The van der Waals surface area contributed by atoms with Gasteiger partial charge >= 0.3 is 0 Å². The maximum absolute atomic E-state index is 12.8. The number of hydrogen-bond donors (Lipinski definition) is 2. The molecule has 0 saturated heterocycles. The number of thiophene rings is 1. The lowest BCUT2D eigenvalue weighted by Gasteiger charge is -2.09. The third-order valence-corrected chi connectivity index (χ3v) is 7.60. The second-order valence-corrected chi connectivity index (χ2v) is 9.40. The summed E-state index contributed by atoms with van der Waals surface area (Å²) in [4.78, 5) is 13.7. The van der Waals surface area contributed by atoms with Crippen LogP contribution in [0.1, 0.15) is 19.8 Å². The molecule has 0 spiro atoms. The van der Waals surface area contributed by atoms with Gasteiger partial charge in [-0.1, -0.05) is 55.0 Å². The summed E-state index contributed by atoms with van der Waals surface area (Å²) in [6.45, 7) is 2.08. The number of hydrogen-bond acceptors (Lipinski definition) is 7. The number of fused-ring (bicyclic) bond motifs is 1. The summed E-state index contributed by atoms with van der Waals surface area (Å²) in [5.41, 5.74) is 16.1. The molecule has 0 aliphatic heterocycles.